The molecule has 0 atom stereocenters. The van der Waals surface area contributed by atoms with Gasteiger partial charge in [-0.1, -0.05) is 30.3 Å². The van der Waals surface area contributed by atoms with Crippen LogP contribution < -0.4 is 0 Å². The van der Waals surface area contributed by atoms with Gasteiger partial charge in [0.1, 0.15) is 0 Å². The molecule has 0 saturated heterocycles. The number of hydrogen-bond donors (Lipinski definition) is 1. The van der Waals surface area contributed by atoms with E-state index in [-0.39, 0.29) is 0 Å². The highest BCUT2D eigenvalue weighted by Gasteiger charge is 2.34. The minimum atomic E-state index is -0.959. The molecule has 0 aliphatic rings. The summed E-state index contributed by atoms with van der Waals surface area (Å²) in [5.41, 5.74) is 1.59. The van der Waals surface area contributed by atoms with Gasteiger partial charge >= 0.3 is 5.97 Å². The third kappa shape index (κ3) is 1.90. The fourth-order valence-corrected chi connectivity index (χ4v) is 1.95. The average Bonchev–Trinajstić information content (AvgIpc) is 2.72. The van der Waals surface area contributed by atoms with Gasteiger partial charge in [-0.15, -0.1) is 0 Å². The highest BCUT2D eigenvalue weighted by molar-refractivity contribution is 5.83. The third-order valence-electron chi connectivity index (χ3n) is 3.19. The number of rotatable bonds is 3. The van der Waals surface area contributed by atoms with Crippen LogP contribution in [-0.4, -0.2) is 20.9 Å². The lowest BCUT2D eigenvalue weighted by Gasteiger charge is -2.20. The SMILES string of the molecule is Cn1ncc(C(C)(C)C(=O)O)c1-c1ccccc1. The van der Waals surface area contributed by atoms with Crippen molar-refractivity contribution in [2.24, 2.45) is 7.05 Å². The van der Waals surface area contributed by atoms with Crippen LogP contribution in [0.2, 0.25) is 0 Å². The molecule has 1 aromatic carbocycles. The van der Waals surface area contributed by atoms with E-state index in [2.05, 4.69) is 5.10 Å². The van der Waals surface area contributed by atoms with Crippen molar-refractivity contribution in [2.75, 3.05) is 0 Å². The van der Waals surface area contributed by atoms with E-state index in [0.717, 1.165) is 16.8 Å². The molecule has 2 rings (SSSR count). The van der Waals surface area contributed by atoms with Crippen LogP contribution in [0.1, 0.15) is 19.4 Å². The molecular weight excluding hydrogens is 228 g/mol. The molecule has 0 aliphatic carbocycles. The molecule has 0 unspecified atom stereocenters. The van der Waals surface area contributed by atoms with Crippen molar-refractivity contribution in [3.63, 3.8) is 0 Å². The van der Waals surface area contributed by atoms with Gasteiger partial charge in [0.05, 0.1) is 17.3 Å². The van der Waals surface area contributed by atoms with Gasteiger partial charge in [0.2, 0.25) is 0 Å². The first kappa shape index (κ1) is 12.4. The first-order chi connectivity index (χ1) is 8.44. The van der Waals surface area contributed by atoms with Gasteiger partial charge in [-0.25, -0.2) is 0 Å². The molecule has 0 amide bonds. The molecular formula is C14H16N2O2. The van der Waals surface area contributed by atoms with Crippen molar-refractivity contribution in [3.8, 4) is 11.3 Å². The normalized spacial score (nSPS) is 11.5. The van der Waals surface area contributed by atoms with E-state index in [0.29, 0.717) is 0 Å². The summed E-state index contributed by atoms with van der Waals surface area (Å²) in [6.45, 7) is 3.39. The first-order valence-corrected chi connectivity index (χ1v) is 5.76. The molecule has 0 fully saturated rings. The Morgan fingerprint density at radius 3 is 2.44 bits per heavy atom. The monoisotopic (exact) mass is 244 g/mol. The van der Waals surface area contributed by atoms with Crippen molar-refractivity contribution >= 4 is 5.97 Å². The molecule has 4 nitrogen and oxygen atoms in total. The number of nitrogens with zero attached hydrogens (tertiary/aromatic N) is 2. The van der Waals surface area contributed by atoms with Crippen molar-refractivity contribution in [2.45, 2.75) is 19.3 Å². The smallest absolute Gasteiger partial charge is 0.313 e. The maximum Gasteiger partial charge on any atom is 0.313 e. The summed E-state index contributed by atoms with van der Waals surface area (Å²) in [7, 11) is 1.82. The second-order valence-corrected chi connectivity index (χ2v) is 4.83. The Bertz CT molecular complexity index is 571. The molecule has 18 heavy (non-hydrogen) atoms. The van der Waals surface area contributed by atoms with Crippen molar-refractivity contribution < 1.29 is 9.90 Å². The number of aryl methyl sites for hydroxylation is 1. The summed E-state index contributed by atoms with van der Waals surface area (Å²) in [5.74, 6) is -0.854. The van der Waals surface area contributed by atoms with Crippen molar-refractivity contribution in [1.82, 2.24) is 9.78 Å². The number of carboxylic acids is 1. The van der Waals surface area contributed by atoms with Crippen LogP contribution in [0.4, 0.5) is 0 Å². The fourth-order valence-electron chi connectivity index (χ4n) is 1.95. The third-order valence-corrected chi connectivity index (χ3v) is 3.19. The topological polar surface area (TPSA) is 55.1 Å². The van der Waals surface area contributed by atoms with Gasteiger partial charge in [-0.3, -0.25) is 9.48 Å². The fraction of sp³-hybridized carbons (Fsp3) is 0.286. The van der Waals surface area contributed by atoms with Crippen molar-refractivity contribution in [1.29, 1.82) is 0 Å². The number of hydrogen-bond acceptors (Lipinski definition) is 2. The lowest BCUT2D eigenvalue weighted by atomic mass is 9.83. The first-order valence-electron chi connectivity index (χ1n) is 5.76. The Kier molecular flexibility index (Phi) is 2.95. The lowest BCUT2D eigenvalue weighted by Crippen LogP contribution is -2.28. The highest BCUT2D eigenvalue weighted by Crippen LogP contribution is 2.32. The Labute approximate surface area is 106 Å². The zero-order valence-corrected chi connectivity index (χ0v) is 10.7. The van der Waals surface area contributed by atoms with Crippen LogP contribution in [0.5, 0.6) is 0 Å². The quantitative estimate of drug-likeness (QED) is 0.902. The highest BCUT2D eigenvalue weighted by atomic mass is 16.4. The number of aromatic nitrogens is 2. The van der Waals surface area contributed by atoms with Crippen molar-refractivity contribution in [3.05, 3.63) is 42.1 Å². The van der Waals surface area contributed by atoms with Gasteiger partial charge in [0.25, 0.3) is 0 Å². The lowest BCUT2D eigenvalue weighted by molar-refractivity contribution is -0.142. The van der Waals surface area contributed by atoms with E-state index < -0.39 is 11.4 Å². The maximum absolute atomic E-state index is 11.4. The predicted octanol–water partition coefficient (Wildman–Crippen LogP) is 2.45. The summed E-state index contributed by atoms with van der Waals surface area (Å²) >= 11 is 0. The van der Waals surface area contributed by atoms with Gasteiger partial charge in [0, 0.05) is 18.2 Å². The van der Waals surface area contributed by atoms with Gasteiger partial charge in [-0.05, 0) is 13.8 Å². The van der Waals surface area contributed by atoms with Crippen LogP contribution >= 0.6 is 0 Å². The van der Waals surface area contributed by atoms with E-state index in [9.17, 15) is 9.90 Å². The maximum atomic E-state index is 11.4. The summed E-state index contributed by atoms with van der Waals surface area (Å²) in [6.07, 6.45) is 1.64. The molecule has 0 aliphatic heterocycles. The summed E-state index contributed by atoms with van der Waals surface area (Å²) in [6, 6.07) is 9.71. The molecule has 0 radical (unpaired) electrons. The van der Waals surface area contributed by atoms with E-state index in [1.807, 2.05) is 37.4 Å². The van der Waals surface area contributed by atoms with Crippen LogP contribution in [-0.2, 0) is 17.3 Å². The number of aliphatic carboxylic acids is 1. The summed E-state index contributed by atoms with van der Waals surface area (Å²) < 4.78 is 1.72. The van der Waals surface area contributed by atoms with Gasteiger partial charge < -0.3 is 5.11 Å². The van der Waals surface area contributed by atoms with E-state index in [1.165, 1.54) is 0 Å². The van der Waals surface area contributed by atoms with E-state index in [1.54, 1.807) is 24.7 Å². The second-order valence-electron chi connectivity index (χ2n) is 4.83. The predicted molar refractivity (Wildman–Crippen MR) is 69.3 cm³/mol. The number of carboxylic acid groups (broad SMARTS) is 1. The Morgan fingerprint density at radius 2 is 1.89 bits per heavy atom. The van der Waals surface area contributed by atoms with Crippen LogP contribution in [0.3, 0.4) is 0 Å². The molecule has 4 heteroatoms. The molecule has 2 aromatic rings. The minimum absolute atomic E-state index is 0.726. The summed E-state index contributed by atoms with van der Waals surface area (Å²) in [5, 5.41) is 13.5. The molecule has 0 spiro atoms. The van der Waals surface area contributed by atoms with E-state index in [4.69, 9.17) is 0 Å². The Morgan fingerprint density at radius 1 is 1.28 bits per heavy atom. The zero-order valence-electron chi connectivity index (χ0n) is 10.7. The second kappa shape index (κ2) is 4.29. The minimum Gasteiger partial charge on any atom is -0.481 e. The molecule has 1 aromatic heterocycles. The Balaban J connectivity index is 2.63. The van der Waals surface area contributed by atoms with E-state index >= 15 is 0 Å². The van der Waals surface area contributed by atoms with Crippen LogP contribution in [0.15, 0.2) is 36.5 Å². The molecule has 1 N–H and O–H groups in total. The number of carbonyl (C=O) groups is 1. The van der Waals surface area contributed by atoms with Crippen LogP contribution in [0, 0.1) is 0 Å². The molecule has 94 valence electrons. The molecule has 0 bridgehead atoms. The standard InChI is InChI=1S/C14H16N2O2/c1-14(2,13(17)18)11-9-15-16(3)12(11)10-7-5-4-6-8-10/h4-9H,1-3H3,(H,17,18). The zero-order chi connectivity index (χ0) is 13.3. The molecule has 0 saturated carbocycles. The Hall–Kier alpha value is -2.10. The van der Waals surface area contributed by atoms with Crippen LogP contribution in [0.25, 0.3) is 11.3 Å². The van der Waals surface area contributed by atoms with Gasteiger partial charge in [0.15, 0.2) is 0 Å². The number of benzene rings is 1. The van der Waals surface area contributed by atoms with Gasteiger partial charge in [-0.2, -0.15) is 5.10 Å². The average molecular weight is 244 g/mol. The molecule has 1 heterocycles. The summed E-state index contributed by atoms with van der Waals surface area (Å²) in [4.78, 5) is 11.4. The largest absolute Gasteiger partial charge is 0.481 e.